The fourth-order valence-electron chi connectivity index (χ4n) is 3.41. The lowest BCUT2D eigenvalue weighted by atomic mass is 10.2. The maximum atomic E-state index is 12.8. The van der Waals surface area contributed by atoms with Crippen LogP contribution in [0.15, 0.2) is 53.4 Å². The predicted molar refractivity (Wildman–Crippen MR) is 112 cm³/mol. The summed E-state index contributed by atoms with van der Waals surface area (Å²) in [5, 5.41) is 16.4. The highest BCUT2D eigenvalue weighted by molar-refractivity contribution is 7.16. The fraction of sp³-hybridized carbons (Fsp3) is 0.200. The maximum Gasteiger partial charge on any atom is 0.286 e. The van der Waals surface area contributed by atoms with Crippen LogP contribution in [0.1, 0.15) is 9.80 Å². The van der Waals surface area contributed by atoms with Gasteiger partial charge in [-0.25, -0.2) is 0 Å². The van der Waals surface area contributed by atoms with E-state index in [2.05, 4.69) is 30.7 Å². The molecule has 3 aromatic heterocycles. The van der Waals surface area contributed by atoms with Gasteiger partial charge in [-0.3, -0.25) is 9.78 Å². The molecule has 0 unspecified atom stereocenters. The number of piperazine rings is 1. The molecule has 1 amide bonds. The molecule has 5 rings (SSSR count). The first-order valence-electron chi connectivity index (χ1n) is 9.31. The number of nitrogens with one attached hydrogen (secondary N) is 2. The number of benzene rings is 1. The molecule has 4 aromatic rings. The van der Waals surface area contributed by atoms with E-state index < -0.39 is 0 Å². The number of fused-ring (bicyclic) bond motifs is 1. The van der Waals surface area contributed by atoms with Crippen molar-refractivity contribution in [1.29, 1.82) is 0 Å². The van der Waals surface area contributed by atoms with Crippen molar-refractivity contribution in [1.82, 2.24) is 20.5 Å². The fourth-order valence-corrected chi connectivity index (χ4v) is 4.17. The van der Waals surface area contributed by atoms with Crippen molar-refractivity contribution in [3.63, 3.8) is 0 Å². The largest absolute Gasteiger partial charge is 0.464 e. The molecule has 0 spiro atoms. The Morgan fingerprint density at radius 1 is 1.17 bits per heavy atom. The first-order chi connectivity index (χ1) is 14.3. The second-order valence-corrected chi connectivity index (χ2v) is 7.62. The summed E-state index contributed by atoms with van der Waals surface area (Å²) in [5.74, 6) is -0.300. The van der Waals surface area contributed by atoms with E-state index in [0.29, 0.717) is 15.7 Å². The smallest absolute Gasteiger partial charge is 0.286 e. The highest BCUT2D eigenvalue weighted by Crippen LogP contribution is 2.33. The number of amides is 1. The molecule has 0 aliphatic carbocycles. The molecule has 2 N–H and O–H groups in total. The van der Waals surface area contributed by atoms with Crippen molar-refractivity contribution in [2.45, 2.75) is 0 Å². The van der Waals surface area contributed by atoms with Crippen molar-refractivity contribution < 1.29 is 9.21 Å². The molecule has 1 fully saturated rings. The Hall–Kier alpha value is -3.30. The quantitative estimate of drug-likeness (QED) is 0.538. The topological polar surface area (TPSA) is 96.2 Å². The first kappa shape index (κ1) is 17.8. The number of furan rings is 1. The second-order valence-electron chi connectivity index (χ2n) is 6.64. The summed E-state index contributed by atoms with van der Waals surface area (Å²) in [7, 11) is 0. The molecule has 146 valence electrons. The summed E-state index contributed by atoms with van der Waals surface area (Å²) >= 11 is 1.24. The Labute approximate surface area is 170 Å². The number of para-hydroxylation sites is 1. The average Bonchev–Trinajstić information content (AvgIpc) is 3.42. The van der Waals surface area contributed by atoms with Gasteiger partial charge in [0.25, 0.3) is 5.91 Å². The molecule has 4 heterocycles. The summed E-state index contributed by atoms with van der Waals surface area (Å²) in [6.07, 6.45) is 5.05. The van der Waals surface area contributed by atoms with Crippen molar-refractivity contribution in [3.8, 4) is 10.6 Å². The minimum atomic E-state index is -0.300. The van der Waals surface area contributed by atoms with E-state index >= 15 is 0 Å². The third-order valence-electron chi connectivity index (χ3n) is 4.83. The number of rotatable bonds is 4. The van der Waals surface area contributed by atoms with Gasteiger partial charge in [0, 0.05) is 37.8 Å². The van der Waals surface area contributed by atoms with E-state index in [0.717, 1.165) is 48.4 Å². The third kappa shape index (κ3) is 3.45. The number of pyridine rings is 1. The van der Waals surface area contributed by atoms with Crippen LogP contribution in [-0.2, 0) is 0 Å². The molecule has 0 atom stereocenters. The van der Waals surface area contributed by atoms with E-state index in [4.69, 9.17) is 4.42 Å². The van der Waals surface area contributed by atoms with Crippen LogP contribution in [-0.4, -0.2) is 47.3 Å². The summed E-state index contributed by atoms with van der Waals surface area (Å²) in [5.41, 5.74) is 3.24. The van der Waals surface area contributed by atoms with Gasteiger partial charge in [0.15, 0.2) is 5.01 Å². The Bertz CT molecular complexity index is 1160. The van der Waals surface area contributed by atoms with Crippen molar-refractivity contribution in [3.05, 3.63) is 54.0 Å². The molecule has 1 aliphatic rings. The number of hydrogen-bond acceptors (Lipinski definition) is 8. The number of carbonyl (C=O) groups is 1. The molecule has 8 nitrogen and oxygen atoms in total. The monoisotopic (exact) mass is 406 g/mol. The zero-order valence-electron chi connectivity index (χ0n) is 15.5. The van der Waals surface area contributed by atoms with Crippen molar-refractivity contribution in [2.24, 2.45) is 0 Å². The van der Waals surface area contributed by atoms with E-state index in [1.165, 1.54) is 11.3 Å². The minimum absolute atomic E-state index is 0.292. The lowest BCUT2D eigenvalue weighted by molar-refractivity contribution is 0.102. The van der Waals surface area contributed by atoms with E-state index in [9.17, 15) is 4.79 Å². The molecule has 0 bridgehead atoms. The molecule has 29 heavy (non-hydrogen) atoms. The SMILES string of the molecule is O=C(Nc1cnccc1N1CCNCC1)c1nnc(-c2coc3ccccc23)s1. The van der Waals surface area contributed by atoms with Gasteiger partial charge in [-0.2, -0.15) is 0 Å². The molecule has 0 saturated carbocycles. The number of hydrogen-bond donors (Lipinski definition) is 2. The Morgan fingerprint density at radius 2 is 2.03 bits per heavy atom. The highest BCUT2D eigenvalue weighted by Gasteiger charge is 2.20. The average molecular weight is 406 g/mol. The number of carbonyl (C=O) groups excluding carboxylic acids is 1. The lowest BCUT2D eigenvalue weighted by Gasteiger charge is -2.30. The molecule has 0 radical (unpaired) electrons. The predicted octanol–water partition coefficient (Wildman–Crippen LogP) is 3.01. The van der Waals surface area contributed by atoms with Crippen LogP contribution in [0, 0.1) is 0 Å². The van der Waals surface area contributed by atoms with Crippen LogP contribution in [0.3, 0.4) is 0 Å². The van der Waals surface area contributed by atoms with Gasteiger partial charge < -0.3 is 20.0 Å². The van der Waals surface area contributed by atoms with Crippen LogP contribution < -0.4 is 15.5 Å². The molecule has 9 heteroatoms. The van der Waals surface area contributed by atoms with Gasteiger partial charge >= 0.3 is 0 Å². The van der Waals surface area contributed by atoms with Gasteiger partial charge in [-0.05, 0) is 12.1 Å². The van der Waals surface area contributed by atoms with Crippen molar-refractivity contribution >= 4 is 39.6 Å². The first-order valence-corrected chi connectivity index (χ1v) is 10.1. The summed E-state index contributed by atoms with van der Waals surface area (Å²) in [6, 6.07) is 9.64. The number of nitrogens with zero attached hydrogens (tertiary/aromatic N) is 4. The zero-order chi connectivity index (χ0) is 19.6. The summed E-state index contributed by atoms with van der Waals surface area (Å²) in [6.45, 7) is 3.58. The minimum Gasteiger partial charge on any atom is -0.464 e. The molecular weight excluding hydrogens is 388 g/mol. The van der Waals surface area contributed by atoms with Gasteiger partial charge in [-0.15, -0.1) is 10.2 Å². The standard InChI is InChI=1S/C20H18N6O2S/c27-18(23-15-11-22-6-5-16(15)26-9-7-21-8-10-26)20-25-24-19(29-20)14-12-28-17-4-2-1-3-13(14)17/h1-6,11-12,21H,7-10H2,(H,23,27). The van der Waals surface area contributed by atoms with Gasteiger partial charge in [0.1, 0.15) is 11.8 Å². The second kappa shape index (κ2) is 7.61. The van der Waals surface area contributed by atoms with Gasteiger partial charge in [-0.1, -0.05) is 29.5 Å². The Morgan fingerprint density at radius 3 is 2.93 bits per heavy atom. The van der Waals surface area contributed by atoms with E-state index in [-0.39, 0.29) is 5.91 Å². The number of aromatic nitrogens is 3. The summed E-state index contributed by atoms with van der Waals surface area (Å²) in [4.78, 5) is 19.2. The zero-order valence-corrected chi connectivity index (χ0v) is 16.3. The van der Waals surface area contributed by atoms with Crippen LogP contribution in [0.25, 0.3) is 21.5 Å². The van der Waals surface area contributed by atoms with Gasteiger partial charge in [0.2, 0.25) is 5.01 Å². The molecule has 1 aromatic carbocycles. The third-order valence-corrected chi connectivity index (χ3v) is 5.79. The molecule has 1 aliphatic heterocycles. The number of anilines is 2. The molecule has 1 saturated heterocycles. The van der Waals surface area contributed by atoms with Gasteiger partial charge in [0.05, 0.1) is 23.1 Å². The van der Waals surface area contributed by atoms with E-state index in [1.54, 1.807) is 18.7 Å². The summed E-state index contributed by atoms with van der Waals surface area (Å²) < 4.78 is 5.57. The van der Waals surface area contributed by atoms with Crippen molar-refractivity contribution in [2.75, 3.05) is 36.4 Å². The Balaban J connectivity index is 1.39. The lowest BCUT2D eigenvalue weighted by Crippen LogP contribution is -2.43. The highest BCUT2D eigenvalue weighted by atomic mass is 32.1. The molecular formula is C20H18N6O2S. The maximum absolute atomic E-state index is 12.8. The van der Waals surface area contributed by atoms with Crippen LogP contribution in [0.5, 0.6) is 0 Å². The van der Waals surface area contributed by atoms with Crippen LogP contribution >= 0.6 is 11.3 Å². The Kier molecular flexibility index (Phi) is 4.66. The van der Waals surface area contributed by atoms with Crippen LogP contribution in [0.4, 0.5) is 11.4 Å². The van der Waals surface area contributed by atoms with E-state index in [1.807, 2.05) is 30.3 Å². The normalized spacial score (nSPS) is 14.3. The van der Waals surface area contributed by atoms with Crippen LogP contribution in [0.2, 0.25) is 0 Å².